The van der Waals surface area contributed by atoms with Crippen LogP contribution in [-0.4, -0.2) is 27.9 Å². The van der Waals surface area contributed by atoms with Crippen molar-refractivity contribution < 1.29 is 174 Å². The van der Waals surface area contributed by atoms with E-state index in [1.54, 1.807) is 0 Å². The van der Waals surface area contributed by atoms with E-state index in [4.69, 9.17) is 186 Å². The van der Waals surface area contributed by atoms with Crippen molar-refractivity contribution in [3.63, 3.8) is 0 Å². The molecule has 648 valence electrons. The van der Waals surface area contributed by atoms with E-state index in [1.165, 1.54) is 24.3 Å². The molecule has 0 aromatic heterocycles. The Morgan fingerprint density at radius 3 is 0.407 bits per heavy atom. The fourth-order valence-electron chi connectivity index (χ4n) is 9.70. The molecule has 118 heavy (non-hydrogen) atoms. The first-order chi connectivity index (χ1) is 52.8. The van der Waals surface area contributed by atoms with E-state index in [-0.39, 0.29) is 171 Å². The number of hydrogen-bond donors (Lipinski definition) is 0. The maximum atomic E-state index is 16.1. The summed E-state index contributed by atoms with van der Waals surface area (Å²) in [6, 6.07) is 84.8. The van der Waals surface area contributed by atoms with Crippen molar-refractivity contribution in [1.29, 1.82) is 0 Å². The summed E-state index contributed by atoms with van der Waals surface area (Å²) in [5.74, 6) is -7.67. The zero-order valence-electron chi connectivity index (χ0n) is 58.8. The molecule has 0 saturated carbocycles. The molecule has 0 radical (unpaired) electrons. The quantitative estimate of drug-likeness (QED) is 0.0304. The molecule has 12 rings (SSSR count). The van der Waals surface area contributed by atoms with Gasteiger partial charge in [-0.2, -0.15) is 0 Å². The Morgan fingerprint density at radius 1 is 0.203 bits per heavy atom. The van der Waals surface area contributed by atoms with Crippen LogP contribution in [0.3, 0.4) is 0 Å². The van der Waals surface area contributed by atoms with Gasteiger partial charge in [0.05, 0.1) is 10.7 Å². The molecule has 0 saturated heterocycles. The molecular formula is C78H56Au4Cl20F8N4P4. The summed E-state index contributed by atoms with van der Waals surface area (Å²) in [7, 11) is -5.71. The maximum Gasteiger partial charge on any atom is 1.00 e. The number of nitrogens with zero attached hydrogens (tertiary/aromatic N) is 4. The fourth-order valence-corrected chi connectivity index (χ4v) is 19.0. The van der Waals surface area contributed by atoms with Crippen LogP contribution in [0.5, 0.6) is 0 Å². The maximum absolute atomic E-state index is 16.1. The summed E-state index contributed by atoms with van der Waals surface area (Å²) in [6.45, 7) is 0. The number of rotatable bonds is 16. The number of hydrogen-bond acceptors (Lipinski definition) is 4. The molecule has 12 aromatic carbocycles. The van der Waals surface area contributed by atoms with E-state index >= 15 is 35.1 Å². The SMILES string of the molecule is ClC(Cl)Cl.ClC(Cl)Cl.ClC(Cl)Cl.ClC(Cl)Cl.ClCCl.ClCCl.Fc1ccc(P(c2ccccc2)c2ccccc2)c(F)c1N=Nc1c(F)ccc(P(c2ccccc2)c2ccccc2)c1F.Fc1ccc(P(c2ccccc2)c2ccccc2)c(F)c1N=Nc1c(F)ccc(P(c2ccccc2)c2ccccc2)c1F.[Au+].[Au+].[Au+].[Au+].[Cl-].[Cl-].[Cl-].[Cl-]. The van der Waals surface area contributed by atoms with Gasteiger partial charge >= 0.3 is 89.5 Å². The Morgan fingerprint density at radius 2 is 0.305 bits per heavy atom. The van der Waals surface area contributed by atoms with Gasteiger partial charge in [-0.25, -0.2) is 35.1 Å². The van der Waals surface area contributed by atoms with Crippen LogP contribution in [0.15, 0.2) is 312 Å². The van der Waals surface area contributed by atoms with Gasteiger partial charge in [-0.15, -0.1) is 66.9 Å². The van der Waals surface area contributed by atoms with Crippen LogP contribution in [-0.2, 0) is 89.5 Å². The molecule has 0 amide bonds. The molecule has 0 unspecified atom stereocenters. The van der Waals surface area contributed by atoms with Crippen molar-refractivity contribution in [2.24, 2.45) is 20.5 Å². The van der Waals surface area contributed by atoms with E-state index in [1.807, 2.05) is 243 Å². The summed E-state index contributed by atoms with van der Waals surface area (Å²) < 4.78 is 122. The molecule has 40 heteroatoms. The van der Waals surface area contributed by atoms with Crippen LogP contribution in [0.4, 0.5) is 57.9 Å². The third-order valence-electron chi connectivity index (χ3n) is 13.8. The zero-order chi connectivity index (χ0) is 80.7. The van der Waals surface area contributed by atoms with E-state index in [9.17, 15) is 0 Å². The molecule has 0 heterocycles. The monoisotopic (exact) mass is 2810 g/mol. The van der Waals surface area contributed by atoms with Crippen molar-refractivity contribution in [2.75, 3.05) is 10.7 Å². The number of benzene rings is 12. The molecule has 0 spiro atoms. The molecule has 0 N–H and O–H groups in total. The van der Waals surface area contributed by atoms with Gasteiger partial charge in [-0.1, -0.05) is 382 Å². The van der Waals surface area contributed by atoms with Gasteiger partial charge in [-0.3, -0.25) is 0 Å². The van der Waals surface area contributed by atoms with Gasteiger partial charge in [0, 0.05) is 21.2 Å². The first kappa shape index (κ1) is 124. The minimum Gasteiger partial charge on any atom is -1.00 e. The second-order valence-corrected chi connectivity index (χ2v) is 38.8. The zero-order valence-corrected chi connectivity index (χ0v) is 86.2. The Kier molecular flexibility index (Phi) is 73.3. The Labute approximate surface area is 853 Å². The normalized spacial score (nSPS) is 10.1. The van der Waals surface area contributed by atoms with E-state index in [0.29, 0.717) is 0 Å². The predicted molar refractivity (Wildman–Crippen MR) is 467 cm³/mol. The van der Waals surface area contributed by atoms with E-state index < -0.39 is 118 Å². The second kappa shape index (κ2) is 69.8. The van der Waals surface area contributed by atoms with Crippen molar-refractivity contribution in [2.45, 2.75) is 17.2 Å². The molecule has 4 nitrogen and oxygen atoms in total. The molecule has 12 aromatic rings. The van der Waals surface area contributed by atoms with E-state index in [2.05, 4.69) is 20.5 Å². The van der Waals surface area contributed by atoms with Gasteiger partial charge in [0.25, 0.3) is 0 Å². The van der Waals surface area contributed by atoms with Gasteiger partial charge in [0.2, 0.25) is 0 Å². The standard InChI is InChI=1S/2C36H24F4N2P2.4CHCl3.2CH2Cl2.4Au.4ClH/c2*37-29-21-23-31(43(25-13-5-1-6-14-25)26-15-7-2-8-16-26)33(39)35(29)41-42-36-30(38)22-24-32(34(36)40)44(27-17-9-3-10-18-27)28-19-11-4-12-20-28;4*2-1(3)4;2*2-1-3;;;;;;;;/h2*1-24H;4*1H;2*1H2;;;;;4*1H/q;;;;;;;;4*+1;;;;/p-4. The molecule has 0 aliphatic heterocycles. The average Bonchev–Trinajstić information content (AvgIpc) is 0.785. The van der Waals surface area contributed by atoms with Gasteiger partial charge < -0.3 is 49.6 Å². The van der Waals surface area contributed by atoms with Crippen molar-refractivity contribution in [3.05, 3.63) is 338 Å². The minimum absolute atomic E-state index is 0. The number of azo groups is 2. The molecule has 0 fully saturated rings. The molecule has 0 aliphatic carbocycles. The van der Waals surface area contributed by atoms with Crippen LogP contribution in [0.1, 0.15) is 0 Å². The van der Waals surface area contributed by atoms with Gasteiger partial charge in [0.1, 0.15) is 0 Å². The fraction of sp³-hybridized carbons (Fsp3) is 0.0769. The van der Waals surface area contributed by atoms with Crippen molar-refractivity contribution >= 4 is 304 Å². The van der Waals surface area contributed by atoms with Crippen LogP contribution in [0, 0.1) is 46.5 Å². The third kappa shape index (κ3) is 42.3. The van der Waals surface area contributed by atoms with E-state index in [0.717, 1.165) is 66.7 Å². The summed E-state index contributed by atoms with van der Waals surface area (Å²) in [5.41, 5.74) is -2.84. The Bertz CT molecular complexity index is 3980. The Balaban J connectivity index is -0.000000835. The van der Waals surface area contributed by atoms with Crippen molar-refractivity contribution in [3.8, 4) is 0 Å². The third-order valence-corrected chi connectivity index (χ3v) is 23.6. The Hall–Kier alpha value is -0.239. The topological polar surface area (TPSA) is 49.4 Å². The largest absolute Gasteiger partial charge is 1.00 e. The molecular weight excluding hydrogens is 2770 g/mol. The van der Waals surface area contributed by atoms with Crippen LogP contribution >= 0.6 is 217 Å². The first-order valence-corrected chi connectivity index (χ1v) is 43.8. The van der Waals surface area contributed by atoms with Crippen LogP contribution in [0.2, 0.25) is 0 Å². The number of alkyl halides is 16. The van der Waals surface area contributed by atoms with Crippen molar-refractivity contribution in [1.82, 2.24) is 0 Å². The molecule has 0 atom stereocenters. The first-order valence-electron chi connectivity index (χ1n) is 31.1. The summed E-state index contributed by atoms with van der Waals surface area (Å²) in [6.07, 6.45) is 0. The van der Waals surface area contributed by atoms with Crippen LogP contribution in [0.25, 0.3) is 0 Å². The minimum atomic E-state index is -1.43. The molecule has 0 aliphatic rings. The summed E-state index contributed by atoms with van der Waals surface area (Å²) in [5, 5.41) is 23.2. The molecule has 0 bridgehead atoms. The second-order valence-electron chi connectivity index (χ2n) is 20.5. The predicted octanol–water partition coefficient (Wildman–Crippen LogP) is 15.1. The van der Waals surface area contributed by atoms with Gasteiger partial charge in [0.15, 0.2) is 86.5 Å². The smallest absolute Gasteiger partial charge is 1.00 e. The summed E-state index contributed by atoms with van der Waals surface area (Å²) in [4.78, 5) is 0. The number of halogens is 28. The average molecular weight is 2820 g/mol. The van der Waals surface area contributed by atoms with Gasteiger partial charge in [-0.05, 0) is 123 Å². The van der Waals surface area contributed by atoms with Crippen LogP contribution < -0.4 is 113 Å². The summed E-state index contributed by atoms with van der Waals surface area (Å²) >= 11 is 76.7.